The van der Waals surface area contributed by atoms with E-state index in [0.29, 0.717) is 12.8 Å². The van der Waals surface area contributed by atoms with E-state index in [1.165, 1.54) is 0 Å². The van der Waals surface area contributed by atoms with Gasteiger partial charge in [0, 0.05) is 11.0 Å². The quantitative estimate of drug-likeness (QED) is 0.822. The highest BCUT2D eigenvalue weighted by Gasteiger charge is 2.42. The van der Waals surface area contributed by atoms with Gasteiger partial charge < -0.3 is 5.11 Å². The zero-order valence-electron chi connectivity index (χ0n) is 11.1. The Labute approximate surface area is 130 Å². The molecule has 2 N–H and O–H groups in total. The molecule has 1 aliphatic rings. The van der Waals surface area contributed by atoms with Crippen LogP contribution < -0.4 is 4.72 Å². The predicted octanol–water partition coefficient (Wildman–Crippen LogP) is 2.51. The molecule has 8 heteroatoms. The summed E-state index contributed by atoms with van der Waals surface area (Å²) in [6, 6.07) is 3.24. The van der Waals surface area contributed by atoms with Gasteiger partial charge in [-0.1, -0.05) is 12.8 Å². The van der Waals surface area contributed by atoms with Crippen molar-refractivity contribution in [1.82, 2.24) is 4.72 Å². The third kappa shape index (κ3) is 3.44. The maximum absolute atomic E-state index is 13.0. The van der Waals surface area contributed by atoms with Crippen LogP contribution in [0.25, 0.3) is 0 Å². The molecule has 0 aliphatic heterocycles. The molecule has 1 fully saturated rings. The van der Waals surface area contributed by atoms with Crippen LogP contribution in [0.5, 0.6) is 0 Å². The van der Waals surface area contributed by atoms with Crippen LogP contribution >= 0.6 is 15.9 Å². The third-order valence-corrected chi connectivity index (χ3v) is 6.18. The maximum Gasteiger partial charge on any atom is 0.310 e. The van der Waals surface area contributed by atoms with Crippen LogP contribution in [-0.4, -0.2) is 26.0 Å². The van der Waals surface area contributed by atoms with Gasteiger partial charge in [-0.3, -0.25) is 4.79 Å². The van der Waals surface area contributed by atoms with Crippen LogP contribution in [0.15, 0.2) is 27.6 Å². The average Bonchev–Trinajstić information content (AvgIpc) is 2.86. The van der Waals surface area contributed by atoms with Crippen molar-refractivity contribution in [3.05, 3.63) is 28.5 Å². The zero-order chi connectivity index (χ0) is 15.7. The van der Waals surface area contributed by atoms with Crippen molar-refractivity contribution in [3.8, 4) is 0 Å². The number of hydrogen-bond donors (Lipinski definition) is 2. The molecule has 1 aromatic carbocycles. The lowest BCUT2D eigenvalue weighted by molar-refractivity contribution is -0.148. The topological polar surface area (TPSA) is 83.5 Å². The molecule has 1 aromatic rings. The van der Waals surface area contributed by atoms with Gasteiger partial charge in [-0.05, 0) is 47.0 Å². The standard InChI is InChI=1S/C13H15BrFNO4S/c14-10-7-9(15)3-4-11(10)21(19,20)16-8-13(12(17)18)5-1-2-6-13/h3-4,7,16H,1-2,5-6,8H2,(H,17,18). The lowest BCUT2D eigenvalue weighted by Gasteiger charge is -2.24. The number of hydrogen-bond acceptors (Lipinski definition) is 3. The molecule has 0 atom stereocenters. The molecule has 5 nitrogen and oxygen atoms in total. The molecule has 0 saturated heterocycles. The first-order chi connectivity index (χ1) is 9.77. The summed E-state index contributed by atoms with van der Waals surface area (Å²) < 4.78 is 39.9. The van der Waals surface area contributed by atoms with Crippen LogP contribution in [0.3, 0.4) is 0 Å². The van der Waals surface area contributed by atoms with Gasteiger partial charge in [0.25, 0.3) is 0 Å². The molecule has 0 unspecified atom stereocenters. The fourth-order valence-electron chi connectivity index (χ4n) is 2.52. The summed E-state index contributed by atoms with van der Waals surface area (Å²) in [6.07, 6.45) is 2.45. The van der Waals surface area contributed by atoms with E-state index in [1.54, 1.807) is 0 Å². The Bertz CT molecular complexity index is 656. The molecular formula is C13H15BrFNO4S. The fourth-order valence-corrected chi connectivity index (χ4v) is 4.70. The minimum atomic E-state index is -3.89. The van der Waals surface area contributed by atoms with E-state index >= 15 is 0 Å². The van der Waals surface area contributed by atoms with Gasteiger partial charge in [0.2, 0.25) is 10.0 Å². The summed E-state index contributed by atoms with van der Waals surface area (Å²) in [7, 11) is -3.89. The van der Waals surface area contributed by atoms with E-state index in [4.69, 9.17) is 0 Å². The molecule has 0 heterocycles. The van der Waals surface area contributed by atoms with Gasteiger partial charge in [0.05, 0.1) is 10.3 Å². The predicted molar refractivity (Wildman–Crippen MR) is 77.8 cm³/mol. The first-order valence-electron chi connectivity index (χ1n) is 6.45. The molecule has 0 bridgehead atoms. The molecule has 0 radical (unpaired) electrons. The van der Waals surface area contributed by atoms with Gasteiger partial charge in [-0.15, -0.1) is 0 Å². The largest absolute Gasteiger partial charge is 0.481 e. The number of carboxylic acids is 1. The Morgan fingerprint density at radius 2 is 2.00 bits per heavy atom. The van der Waals surface area contributed by atoms with Crippen molar-refractivity contribution >= 4 is 31.9 Å². The molecule has 21 heavy (non-hydrogen) atoms. The fraction of sp³-hybridized carbons (Fsp3) is 0.462. The Kier molecular flexibility index (Phi) is 4.69. The highest BCUT2D eigenvalue weighted by molar-refractivity contribution is 9.10. The number of benzene rings is 1. The third-order valence-electron chi connectivity index (χ3n) is 3.80. The summed E-state index contributed by atoms with van der Waals surface area (Å²) in [6.45, 7) is -0.158. The maximum atomic E-state index is 13.0. The summed E-state index contributed by atoms with van der Waals surface area (Å²) in [5, 5.41) is 9.33. The number of halogens is 2. The van der Waals surface area contributed by atoms with E-state index in [2.05, 4.69) is 20.7 Å². The van der Waals surface area contributed by atoms with Crippen molar-refractivity contribution in [2.24, 2.45) is 5.41 Å². The Hall–Kier alpha value is -0.990. The van der Waals surface area contributed by atoms with Crippen molar-refractivity contribution < 1.29 is 22.7 Å². The van der Waals surface area contributed by atoms with Crippen LogP contribution in [0.2, 0.25) is 0 Å². The van der Waals surface area contributed by atoms with Crippen LogP contribution in [0, 0.1) is 11.2 Å². The van der Waals surface area contributed by atoms with Gasteiger partial charge in [-0.25, -0.2) is 17.5 Å². The van der Waals surface area contributed by atoms with Crippen molar-refractivity contribution in [3.63, 3.8) is 0 Å². The SMILES string of the molecule is O=C(O)C1(CNS(=O)(=O)c2ccc(F)cc2Br)CCCC1. The lowest BCUT2D eigenvalue weighted by atomic mass is 9.87. The van der Waals surface area contributed by atoms with Gasteiger partial charge >= 0.3 is 5.97 Å². The van der Waals surface area contributed by atoms with E-state index < -0.39 is 27.2 Å². The summed E-state index contributed by atoms with van der Waals surface area (Å²) in [5.41, 5.74) is -1.04. The van der Waals surface area contributed by atoms with E-state index in [1.807, 2.05) is 0 Å². The number of sulfonamides is 1. The molecule has 1 saturated carbocycles. The normalized spacial score (nSPS) is 17.8. The minimum Gasteiger partial charge on any atom is -0.481 e. The minimum absolute atomic E-state index is 0.103. The Balaban J connectivity index is 2.20. The summed E-state index contributed by atoms with van der Waals surface area (Å²) in [4.78, 5) is 11.3. The first-order valence-corrected chi connectivity index (χ1v) is 8.73. The van der Waals surface area contributed by atoms with E-state index in [0.717, 1.165) is 31.0 Å². The molecule has 0 spiro atoms. The number of nitrogens with one attached hydrogen (secondary N) is 1. The highest BCUT2D eigenvalue weighted by Crippen LogP contribution is 2.38. The molecule has 116 valence electrons. The van der Waals surface area contributed by atoms with Crippen molar-refractivity contribution in [1.29, 1.82) is 0 Å². The number of carbonyl (C=O) groups is 1. The van der Waals surface area contributed by atoms with Gasteiger partial charge in [0.1, 0.15) is 5.82 Å². The van der Waals surface area contributed by atoms with Crippen LogP contribution in [-0.2, 0) is 14.8 Å². The summed E-state index contributed by atoms with van der Waals surface area (Å²) in [5.74, 6) is -1.54. The van der Waals surface area contributed by atoms with Gasteiger partial charge in [0.15, 0.2) is 0 Å². The Morgan fingerprint density at radius 1 is 1.38 bits per heavy atom. The average molecular weight is 380 g/mol. The van der Waals surface area contributed by atoms with Crippen molar-refractivity contribution in [2.45, 2.75) is 30.6 Å². The second-order valence-electron chi connectivity index (χ2n) is 5.19. The van der Waals surface area contributed by atoms with Crippen molar-refractivity contribution in [2.75, 3.05) is 6.54 Å². The van der Waals surface area contributed by atoms with Crippen LogP contribution in [0.1, 0.15) is 25.7 Å². The molecule has 1 aliphatic carbocycles. The molecule has 0 amide bonds. The molecular weight excluding hydrogens is 365 g/mol. The second-order valence-corrected chi connectivity index (χ2v) is 7.78. The Morgan fingerprint density at radius 3 is 2.52 bits per heavy atom. The number of aliphatic carboxylic acids is 1. The van der Waals surface area contributed by atoms with Gasteiger partial charge in [-0.2, -0.15) is 0 Å². The van der Waals surface area contributed by atoms with Crippen LogP contribution in [0.4, 0.5) is 4.39 Å². The smallest absolute Gasteiger partial charge is 0.310 e. The molecule has 0 aromatic heterocycles. The second kappa shape index (κ2) is 6.02. The summed E-state index contributed by atoms with van der Waals surface area (Å²) >= 11 is 3.00. The lowest BCUT2D eigenvalue weighted by Crippen LogP contribution is -2.41. The number of rotatable bonds is 5. The highest BCUT2D eigenvalue weighted by atomic mass is 79.9. The van der Waals surface area contributed by atoms with E-state index in [9.17, 15) is 22.7 Å². The number of carboxylic acid groups (broad SMARTS) is 1. The molecule has 2 rings (SSSR count). The zero-order valence-corrected chi connectivity index (χ0v) is 13.5. The van der Waals surface area contributed by atoms with E-state index in [-0.39, 0.29) is 15.9 Å². The first kappa shape index (κ1) is 16.4. The monoisotopic (exact) mass is 379 g/mol.